The van der Waals surface area contributed by atoms with E-state index in [1.165, 1.54) is 12.1 Å². The lowest BCUT2D eigenvalue weighted by Crippen LogP contribution is -2.20. The van der Waals surface area contributed by atoms with E-state index in [4.69, 9.17) is 9.47 Å². The van der Waals surface area contributed by atoms with Gasteiger partial charge in [-0.1, -0.05) is 12.1 Å². The molecule has 0 fully saturated rings. The van der Waals surface area contributed by atoms with Crippen molar-refractivity contribution >= 4 is 23.3 Å². The monoisotopic (exact) mass is 370 g/mol. The number of esters is 1. The standard InChI is InChI=1S/C20H22N2O5/c1-21(2)12-13-27-20(23)19(14-15-4-10-18(26-3)11-5-15)16-6-8-17(9-7-16)22(24)25/h4-11,14H,12-13H2,1-3H3/b19-14+. The van der Waals surface area contributed by atoms with Crippen LogP contribution in [0.5, 0.6) is 5.75 Å². The molecule has 7 nitrogen and oxygen atoms in total. The molecule has 0 heterocycles. The summed E-state index contributed by atoms with van der Waals surface area (Å²) in [6.45, 7) is 0.848. The first-order valence-electron chi connectivity index (χ1n) is 8.33. The molecule has 0 bridgehead atoms. The van der Waals surface area contributed by atoms with Crippen LogP contribution < -0.4 is 4.74 Å². The van der Waals surface area contributed by atoms with Crippen LogP contribution in [0, 0.1) is 10.1 Å². The Morgan fingerprint density at radius 2 is 1.74 bits per heavy atom. The molecule has 0 radical (unpaired) electrons. The van der Waals surface area contributed by atoms with Gasteiger partial charge >= 0.3 is 5.97 Å². The normalized spacial score (nSPS) is 11.3. The Bertz CT molecular complexity index is 811. The number of likely N-dealkylation sites (N-methyl/N-ethyl adjacent to an activating group) is 1. The molecule has 2 aromatic carbocycles. The van der Waals surface area contributed by atoms with Crippen LogP contribution >= 0.6 is 0 Å². The Morgan fingerprint density at radius 3 is 2.26 bits per heavy atom. The van der Waals surface area contributed by atoms with Gasteiger partial charge in [-0.15, -0.1) is 0 Å². The van der Waals surface area contributed by atoms with E-state index < -0.39 is 10.9 Å². The lowest BCUT2D eigenvalue weighted by molar-refractivity contribution is -0.384. The van der Waals surface area contributed by atoms with Crippen LogP contribution in [0.2, 0.25) is 0 Å². The molecule has 0 unspecified atom stereocenters. The minimum atomic E-state index is -0.485. The number of hydrogen-bond acceptors (Lipinski definition) is 6. The Labute approximate surface area is 158 Å². The van der Waals surface area contributed by atoms with Crippen LogP contribution in [0.15, 0.2) is 48.5 Å². The molecule has 0 aliphatic rings. The van der Waals surface area contributed by atoms with Crippen molar-refractivity contribution in [2.24, 2.45) is 0 Å². The highest BCUT2D eigenvalue weighted by Crippen LogP contribution is 2.23. The zero-order valence-electron chi connectivity index (χ0n) is 15.5. The van der Waals surface area contributed by atoms with Crippen molar-refractivity contribution in [3.63, 3.8) is 0 Å². The highest BCUT2D eigenvalue weighted by Gasteiger charge is 2.16. The van der Waals surface area contributed by atoms with Crippen molar-refractivity contribution in [3.8, 4) is 5.75 Å². The number of rotatable bonds is 8. The molecule has 0 atom stereocenters. The van der Waals surface area contributed by atoms with E-state index in [-0.39, 0.29) is 12.3 Å². The molecular formula is C20H22N2O5. The Morgan fingerprint density at radius 1 is 1.11 bits per heavy atom. The minimum Gasteiger partial charge on any atom is -0.497 e. The number of ether oxygens (including phenoxy) is 2. The molecule has 0 saturated carbocycles. The van der Waals surface area contributed by atoms with Gasteiger partial charge in [-0.3, -0.25) is 10.1 Å². The van der Waals surface area contributed by atoms with Crippen molar-refractivity contribution in [2.75, 3.05) is 34.4 Å². The summed E-state index contributed by atoms with van der Waals surface area (Å²) in [7, 11) is 5.35. The second kappa shape index (κ2) is 9.49. The third-order valence-electron chi connectivity index (χ3n) is 3.81. The molecule has 0 amide bonds. The lowest BCUT2D eigenvalue weighted by Gasteiger charge is -2.12. The Hall–Kier alpha value is -3.19. The van der Waals surface area contributed by atoms with E-state index >= 15 is 0 Å². The van der Waals surface area contributed by atoms with Crippen LogP contribution in [0.3, 0.4) is 0 Å². The van der Waals surface area contributed by atoms with Gasteiger partial charge in [0.2, 0.25) is 0 Å². The molecule has 0 aliphatic carbocycles. The third-order valence-corrected chi connectivity index (χ3v) is 3.81. The number of carbonyl (C=O) groups excluding carboxylic acids is 1. The summed E-state index contributed by atoms with van der Waals surface area (Å²) in [6.07, 6.45) is 1.69. The first-order valence-corrected chi connectivity index (χ1v) is 8.33. The van der Waals surface area contributed by atoms with Crippen molar-refractivity contribution in [2.45, 2.75) is 0 Å². The lowest BCUT2D eigenvalue weighted by atomic mass is 10.0. The highest BCUT2D eigenvalue weighted by atomic mass is 16.6. The van der Waals surface area contributed by atoms with Crippen LogP contribution in [0.4, 0.5) is 5.69 Å². The van der Waals surface area contributed by atoms with Crippen LogP contribution in [0.1, 0.15) is 11.1 Å². The topological polar surface area (TPSA) is 81.9 Å². The molecule has 142 valence electrons. The number of hydrogen-bond donors (Lipinski definition) is 0. The van der Waals surface area contributed by atoms with E-state index in [0.717, 1.165) is 5.56 Å². The van der Waals surface area contributed by atoms with E-state index in [0.29, 0.717) is 23.4 Å². The van der Waals surface area contributed by atoms with Gasteiger partial charge in [-0.05, 0) is 55.6 Å². The summed E-state index contributed by atoms with van der Waals surface area (Å²) in [6, 6.07) is 13.0. The summed E-state index contributed by atoms with van der Waals surface area (Å²) in [5.74, 6) is 0.221. The van der Waals surface area contributed by atoms with Crippen LogP contribution in [-0.4, -0.2) is 50.1 Å². The minimum absolute atomic E-state index is 0.0384. The van der Waals surface area contributed by atoms with Crippen LogP contribution in [0.25, 0.3) is 11.6 Å². The maximum absolute atomic E-state index is 12.6. The van der Waals surface area contributed by atoms with Crippen molar-refractivity contribution in [3.05, 3.63) is 69.8 Å². The zero-order chi connectivity index (χ0) is 19.8. The van der Waals surface area contributed by atoms with Gasteiger partial charge in [-0.2, -0.15) is 0 Å². The highest BCUT2D eigenvalue weighted by molar-refractivity contribution is 6.21. The number of nitrogens with zero attached hydrogens (tertiary/aromatic N) is 2. The van der Waals surface area contributed by atoms with E-state index in [9.17, 15) is 14.9 Å². The molecule has 0 saturated heterocycles. The van der Waals surface area contributed by atoms with E-state index in [2.05, 4.69) is 0 Å². The third kappa shape index (κ3) is 5.93. The van der Waals surface area contributed by atoms with Crippen LogP contribution in [-0.2, 0) is 9.53 Å². The van der Waals surface area contributed by atoms with Gasteiger partial charge in [0, 0.05) is 18.7 Å². The summed E-state index contributed by atoms with van der Waals surface area (Å²) in [4.78, 5) is 24.9. The maximum Gasteiger partial charge on any atom is 0.338 e. The summed E-state index contributed by atoms with van der Waals surface area (Å²) in [5.41, 5.74) is 1.62. The predicted octanol–water partition coefficient (Wildman–Crippen LogP) is 3.25. The zero-order valence-corrected chi connectivity index (χ0v) is 15.5. The Kier molecular flexibility index (Phi) is 7.08. The summed E-state index contributed by atoms with van der Waals surface area (Å²) < 4.78 is 10.5. The van der Waals surface area contributed by atoms with Crippen molar-refractivity contribution in [1.82, 2.24) is 4.90 Å². The van der Waals surface area contributed by atoms with E-state index in [1.807, 2.05) is 31.1 Å². The largest absolute Gasteiger partial charge is 0.497 e. The van der Waals surface area contributed by atoms with Gasteiger partial charge in [0.15, 0.2) is 0 Å². The molecule has 0 aliphatic heterocycles. The molecule has 0 N–H and O–H groups in total. The number of benzene rings is 2. The average Bonchev–Trinajstić information content (AvgIpc) is 2.66. The number of non-ortho nitro benzene ring substituents is 1. The smallest absolute Gasteiger partial charge is 0.338 e. The number of nitro benzene ring substituents is 1. The molecule has 0 spiro atoms. The molecule has 7 heteroatoms. The first kappa shape index (κ1) is 20.1. The van der Waals surface area contributed by atoms with Crippen molar-refractivity contribution in [1.29, 1.82) is 0 Å². The second-order valence-electron chi connectivity index (χ2n) is 6.07. The summed E-state index contributed by atoms with van der Waals surface area (Å²) in [5, 5.41) is 10.9. The van der Waals surface area contributed by atoms with Gasteiger partial charge in [0.1, 0.15) is 12.4 Å². The predicted molar refractivity (Wildman–Crippen MR) is 103 cm³/mol. The molecule has 2 rings (SSSR count). The first-order chi connectivity index (χ1) is 12.9. The number of nitro groups is 1. The SMILES string of the molecule is COc1ccc(/C=C(/C(=O)OCCN(C)C)c2ccc([N+](=O)[O-])cc2)cc1. The number of carbonyl (C=O) groups is 1. The molecule has 27 heavy (non-hydrogen) atoms. The fourth-order valence-electron chi connectivity index (χ4n) is 2.29. The maximum atomic E-state index is 12.6. The Balaban J connectivity index is 2.32. The number of methoxy groups -OCH3 is 1. The fraction of sp³-hybridized carbons (Fsp3) is 0.250. The fourth-order valence-corrected chi connectivity index (χ4v) is 2.29. The van der Waals surface area contributed by atoms with Gasteiger partial charge < -0.3 is 14.4 Å². The second-order valence-corrected chi connectivity index (χ2v) is 6.07. The molecule has 0 aromatic heterocycles. The van der Waals surface area contributed by atoms with E-state index in [1.54, 1.807) is 37.5 Å². The quantitative estimate of drug-likeness (QED) is 0.233. The summed E-state index contributed by atoms with van der Waals surface area (Å²) >= 11 is 0. The van der Waals surface area contributed by atoms with Gasteiger partial charge in [-0.25, -0.2) is 4.79 Å². The van der Waals surface area contributed by atoms with Gasteiger partial charge in [0.25, 0.3) is 5.69 Å². The van der Waals surface area contributed by atoms with Crippen molar-refractivity contribution < 1.29 is 19.2 Å². The average molecular weight is 370 g/mol. The molecule has 2 aromatic rings. The van der Waals surface area contributed by atoms with Gasteiger partial charge in [0.05, 0.1) is 17.6 Å². The molecular weight excluding hydrogens is 348 g/mol.